The first kappa shape index (κ1) is 14.6. The van der Waals surface area contributed by atoms with Crippen molar-refractivity contribution in [1.29, 1.82) is 0 Å². The summed E-state index contributed by atoms with van der Waals surface area (Å²) in [5, 5.41) is 9.45. The number of hydrogen-bond acceptors (Lipinski definition) is 3. The lowest BCUT2D eigenvalue weighted by atomic mass is 10.1. The van der Waals surface area contributed by atoms with E-state index in [1.54, 1.807) is 14.0 Å². The predicted octanol–water partition coefficient (Wildman–Crippen LogP) is 3.72. The van der Waals surface area contributed by atoms with Gasteiger partial charge in [-0.25, -0.2) is 0 Å². The number of benzene rings is 2. The molecule has 0 fully saturated rings. The topological polar surface area (TPSA) is 38.7 Å². The summed E-state index contributed by atoms with van der Waals surface area (Å²) >= 11 is 0. The van der Waals surface area contributed by atoms with Crippen LogP contribution in [-0.4, -0.2) is 18.8 Å². The second-order valence-electron chi connectivity index (χ2n) is 4.73. The van der Waals surface area contributed by atoms with E-state index in [-0.39, 0.29) is 0 Å². The Kier molecular flexibility index (Phi) is 5.16. The highest BCUT2D eigenvalue weighted by Gasteiger charge is 2.02. The highest BCUT2D eigenvalue weighted by molar-refractivity contribution is 5.35. The Balaban J connectivity index is 1.98. The summed E-state index contributed by atoms with van der Waals surface area (Å²) in [6.07, 6.45) is 0.448. The van der Waals surface area contributed by atoms with Gasteiger partial charge in [-0.1, -0.05) is 24.3 Å². The summed E-state index contributed by atoms with van der Waals surface area (Å²) < 4.78 is 10.8. The van der Waals surface area contributed by atoms with E-state index in [2.05, 4.69) is 0 Å². The van der Waals surface area contributed by atoms with E-state index in [1.165, 1.54) is 5.56 Å². The van der Waals surface area contributed by atoms with E-state index in [1.807, 2.05) is 48.5 Å². The van der Waals surface area contributed by atoms with Crippen LogP contribution < -0.4 is 4.74 Å². The van der Waals surface area contributed by atoms with Gasteiger partial charge in [-0.3, -0.25) is 0 Å². The zero-order valence-corrected chi connectivity index (χ0v) is 11.9. The molecule has 0 spiro atoms. The normalized spacial score (nSPS) is 12.2. The van der Waals surface area contributed by atoms with E-state index in [4.69, 9.17) is 9.47 Å². The molecule has 0 saturated heterocycles. The minimum atomic E-state index is -0.455. The number of ether oxygens (including phenoxy) is 2. The molecule has 3 nitrogen and oxygen atoms in total. The van der Waals surface area contributed by atoms with E-state index in [0.29, 0.717) is 0 Å². The Morgan fingerprint density at radius 1 is 0.950 bits per heavy atom. The van der Waals surface area contributed by atoms with Crippen LogP contribution in [0.2, 0.25) is 0 Å². The highest BCUT2D eigenvalue weighted by atomic mass is 16.5. The van der Waals surface area contributed by atoms with Gasteiger partial charge < -0.3 is 14.6 Å². The minimum absolute atomic E-state index is 0.455. The van der Waals surface area contributed by atoms with Crippen molar-refractivity contribution in [2.75, 3.05) is 13.7 Å². The van der Waals surface area contributed by atoms with Crippen LogP contribution in [0.15, 0.2) is 48.5 Å². The summed E-state index contributed by atoms with van der Waals surface area (Å²) in [4.78, 5) is 0. The fraction of sp³-hybridized carbons (Fsp3) is 0.294. The van der Waals surface area contributed by atoms with Crippen molar-refractivity contribution in [3.05, 3.63) is 59.7 Å². The third-order valence-electron chi connectivity index (χ3n) is 3.12. The van der Waals surface area contributed by atoms with E-state index in [0.717, 1.165) is 30.1 Å². The van der Waals surface area contributed by atoms with Gasteiger partial charge in [0, 0.05) is 7.11 Å². The first-order chi connectivity index (χ1) is 9.69. The third kappa shape index (κ3) is 4.08. The standard InChI is InChI=1S/C17H20O3/c1-13(18)15-5-9-17(10-6-15)20-16-7-3-14(4-8-16)11-12-19-2/h3-10,13,18H,11-12H2,1-2H3/t13-/m0/s1. The zero-order chi connectivity index (χ0) is 14.4. The van der Waals surface area contributed by atoms with Gasteiger partial charge >= 0.3 is 0 Å². The van der Waals surface area contributed by atoms with Gasteiger partial charge in [0.2, 0.25) is 0 Å². The molecular weight excluding hydrogens is 252 g/mol. The summed E-state index contributed by atoms with van der Waals surface area (Å²) in [5.41, 5.74) is 2.11. The van der Waals surface area contributed by atoms with Crippen molar-refractivity contribution >= 4 is 0 Å². The molecule has 2 aromatic carbocycles. The van der Waals surface area contributed by atoms with Crippen LogP contribution in [0.5, 0.6) is 11.5 Å². The summed E-state index contributed by atoms with van der Waals surface area (Å²) in [6, 6.07) is 15.4. The van der Waals surface area contributed by atoms with E-state index in [9.17, 15) is 5.11 Å². The second kappa shape index (κ2) is 7.08. The number of hydrogen-bond donors (Lipinski definition) is 1. The van der Waals surface area contributed by atoms with E-state index >= 15 is 0 Å². The smallest absolute Gasteiger partial charge is 0.127 e. The second-order valence-corrected chi connectivity index (χ2v) is 4.73. The molecule has 1 N–H and O–H groups in total. The maximum atomic E-state index is 9.45. The highest BCUT2D eigenvalue weighted by Crippen LogP contribution is 2.23. The van der Waals surface area contributed by atoms with Gasteiger partial charge in [-0.15, -0.1) is 0 Å². The van der Waals surface area contributed by atoms with Crippen molar-refractivity contribution in [2.45, 2.75) is 19.4 Å². The van der Waals surface area contributed by atoms with Crippen molar-refractivity contribution in [3.63, 3.8) is 0 Å². The van der Waals surface area contributed by atoms with Crippen LogP contribution in [0.25, 0.3) is 0 Å². The van der Waals surface area contributed by atoms with Crippen molar-refractivity contribution < 1.29 is 14.6 Å². The maximum Gasteiger partial charge on any atom is 0.127 e. The molecule has 0 radical (unpaired) electrons. The van der Waals surface area contributed by atoms with Gasteiger partial charge in [-0.05, 0) is 48.7 Å². The average Bonchev–Trinajstić information content (AvgIpc) is 2.47. The van der Waals surface area contributed by atoms with Crippen LogP contribution in [0.1, 0.15) is 24.2 Å². The van der Waals surface area contributed by atoms with Crippen LogP contribution in [0, 0.1) is 0 Å². The predicted molar refractivity (Wildman–Crippen MR) is 79.2 cm³/mol. The molecule has 0 heterocycles. The molecule has 0 aliphatic carbocycles. The molecular formula is C17H20O3. The summed E-state index contributed by atoms with van der Waals surface area (Å²) in [5.74, 6) is 1.56. The fourth-order valence-electron chi connectivity index (χ4n) is 1.89. The molecule has 20 heavy (non-hydrogen) atoms. The number of methoxy groups -OCH3 is 1. The lowest BCUT2D eigenvalue weighted by molar-refractivity contribution is 0.199. The molecule has 106 valence electrons. The zero-order valence-electron chi connectivity index (χ0n) is 11.9. The maximum absolute atomic E-state index is 9.45. The van der Waals surface area contributed by atoms with Gasteiger partial charge in [0.1, 0.15) is 11.5 Å². The molecule has 0 aliphatic heterocycles. The van der Waals surface area contributed by atoms with Crippen molar-refractivity contribution in [2.24, 2.45) is 0 Å². The first-order valence-corrected chi connectivity index (χ1v) is 6.73. The quantitative estimate of drug-likeness (QED) is 0.871. The number of aliphatic hydroxyl groups excluding tert-OH is 1. The lowest BCUT2D eigenvalue weighted by Crippen LogP contribution is -1.94. The summed E-state index contributed by atoms with van der Waals surface area (Å²) in [6.45, 7) is 2.47. The minimum Gasteiger partial charge on any atom is -0.457 e. The first-order valence-electron chi connectivity index (χ1n) is 6.73. The third-order valence-corrected chi connectivity index (χ3v) is 3.12. The van der Waals surface area contributed by atoms with E-state index < -0.39 is 6.10 Å². The SMILES string of the molecule is COCCc1ccc(Oc2ccc([C@H](C)O)cc2)cc1. The fourth-order valence-corrected chi connectivity index (χ4v) is 1.89. The largest absolute Gasteiger partial charge is 0.457 e. The molecule has 0 amide bonds. The Bertz CT molecular complexity index is 515. The Hall–Kier alpha value is -1.84. The Morgan fingerprint density at radius 3 is 2.00 bits per heavy atom. The van der Waals surface area contributed by atoms with Crippen LogP contribution in [0.4, 0.5) is 0 Å². The average molecular weight is 272 g/mol. The Labute approximate surface area is 119 Å². The number of rotatable bonds is 6. The lowest BCUT2D eigenvalue weighted by Gasteiger charge is -2.09. The van der Waals surface area contributed by atoms with Gasteiger partial charge in [0.05, 0.1) is 12.7 Å². The molecule has 0 saturated carbocycles. The van der Waals surface area contributed by atoms with Crippen LogP contribution >= 0.6 is 0 Å². The van der Waals surface area contributed by atoms with Gasteiger partial charge in [-0.2, -0.15) is 0 Å². The molecule has 2 aromatic rings. The van der Waals surface area contributed by atoms with Crippen LogP contribution in [-0.2, 0) is 11.2 Å². The molecule has 0 aromatic heterocycles. The summed E-state index contributed by atoms with van der Waals surface area (Å²) in [7, 11) is 1.70. The molecule has 0 unspecified atom stereocenters. The molecule has 0 bridgehead atoms. The molecule has 0 aliphatic rings. The molecule has 1 atom stereocenters. The van der Waals surface area contributed by atoms with Crippen LogP contribution in [0.3, 0.4) is 0 Å². The van der Waals surface area contributed by atoms with Crippen molar-refractivity contribution in [3.8, 4) is 11.5 Å². The molecule has 2 rings (SSSR count). The number of aliphatic hydroxyl groups is 1. The van der Waals surface area contributed by atoms with Gasteiger partial charge in [0.25, 0.3) is 0 Å². The monoisotopic (exact) mass is 272 g/mol. The van der Waals surface area contributed by atoms with Gasteiger partial charge in [0.15, 0.2) is 0 Å². The Morgan fingerprint density at radius 2 is 1.50 bits per heavy atom. The molecule has 3 heteroatoms. The van der Waals surface area contributed by atoms with Crippen molar-refractivity contribution in [1.82, 2.24) is 0 Å².